The van der Waals surface area contributed by atoms with E-state index in [-0.39, 0.29) is 5.84 Å². The summed E-state index contributed by atoms with van der Waals surface area (Å²) in [7, 11) is 0. The van der Waals surface area contributed by atoms with Crippen LogP contribution in [0.25, 0.3) is 0 Å². The van der Waals surface area contributed by atoms with Crippen LogP contribution in [0.15, 0.2) is 5.16 Å². The first kappa shape index (κ1) is 8.29. The Hall–Kier alpha value is -0.810. The minimum atomic E-state index is -0.588. The quantitative estimate of drug-likeness (QED) is 0.204. The molecule has 1 fully saturated rings. The molecule has 0 aromatic rings. The van der Waals surface area contributed by atoms with Gasteiger partial charge in [-0.15, -0.1) is 0 Å². The molecule has 0 radical (unpaired) electrons. The normalized spacial score (nSPS) is 24.7. The van der Waals surface area contributed by atoms with Crippen LogP contribution in [0.5, 0.6) is 0 Å². The maximum absolute atomic E-state index is 9.28. The van der Waals surface area contributed by atoms with Crippen molar-refractivity contribution in [2.24, 2.45) is 10.9 Å². The molecule has 0 aromatic heterocycles. The Morgan fingerprint density at radius 1 is 1.73 bits per heavy atom. The Morgan fingerprint density at radius 3 is 2.64 bits per heavy atom. The van der Waals surface area contributed by atoms with Gasteiger partial charge in [-0.2, -0.15) is 0 Å². The number of likely N-dealkylation sites (tertiary alicyclic amines) is 1. The van der Waals surface area contributed by atoms with Crippen LogP contribution in [0.3, 0.4) is 0 Å². The second-order valence-electron chi connectivity index (χ2n) is 3.23. The number of β-amino-alcohol motifs (C(OH)–C–C–N with tert-alkyl or cyclic N) is 1. The summed E-state index contributed by atoms with van der Waals surface area (Å²) in [4.78, 5) is 1.90. The van der Waals surface area contributed by atoms with Gasteiger partial charge in [0, 0.05) is 13.1 Å². The third-order valence-electron chi connectivity index (χ3n) is 1.64. The SMILES string of the molecule is CC1(O)CN(C/C(N)=N/O)C1. The Morgan fingerprint density at radius 2 is 2.27 bits per heavy atom. The monoisotopic (exact) mass is 159 g/mol. The minimum Gasteiger partial charge on any atom is -0.409 e. The van der Waals surface area contributed by atoms with Crippen molar-refractivity contribution in [2.75, 3.05) is 19.6 Å². The van der Waals surface area contributed by atoms with Gasteiger partial charge < -0.3 is 16.0 Å². The lowest BCUT2D eigenvalue weighted by atomic mass is 9.97. The zero-order chi connectivity index (χ0) is 8.48. The first-order valence-electron chi connectivity index (χ1n) is 3.45. The largest absolute Gasteiger partial charge is 0.409 e. The van der Waals surface area contributed by atoms with Crippen molar-refractivity contribution in [2.45, 2.75) is 12.5 Å². The number of oxime groups is 1. The average molecular weight is 159 g/mol. The van der Waals surface area contributed by atoms with Gasteiger partial charge in [-0.3, -0.25) is 4.90 Å². The lowest BCUT2D eigenvalue weighted by Gasteiger charge is -2.43. The molecule has 5 heteroatoms. The van der Waals surface area contributed by atoms with E-state index in [2.05, 4.69) is 5.16 Å². The van der Waals surface area contributed by atoms with E-state index in [9.17, 15) is 5.11 Å². The summed E-state index contributed by atoms with van der Waals surface area (Å²) < 4.78 is 0. The van der Waals surface area contributed by atoms with Gasteiger partial charge in [0.1, 0.15) is 0 Å². The van der Waals surface area contributed by atoms with Crippen molar-refractivity contribution < 1.29 is 10.3 Å². The van der Waals surface area contributed by atoms with Gasteiger partial charge >= 0.3 is 0 Å². The van der Waals surface area contributed by atoms with Crippen molar-refractivity contribution in [3.63, 3.8) is 0 Å². The molecule has 1 heterocycles. The Labute approximate surface area is 65.1 Å². The third-order valence-corrected chi connectivity index (χ3v) is 1.64. The fourth-order valence-electron chi connectivity index (χ4n) is 1.29. The number of hydrogen-bond donors (Lipinski definition) is 3. The van der Waals surface area contributed by atoms with Crippen molar-refractivity contribution in [1.82, 2.24) is 4.90 Å². The number of amidine groups is 1. The highest BCUT2D eigenvalue weighted by molar-refractivity contribution is 5.81. The summed E-state index contributed by atoms with van der Waals surface area (Å²) in [5, 5.41) is 20.3. The number of rotatable bonds is 2. The number of nitrogens with zero attached hydrogens (tertiary/aromatic N) is 2. The molecule has 0 atom stereocenters. The molecule has 0 saturated carbocycles. The van der Waals surface area contributed by atoms with E-state index >= 15 is 0 Å². The number of hydrogen-bond acceptors (Lipinski definition) is 4. The fraction of sp³-hybridized carbons (Fsp3) is 0.833. The predicted octanol–water partition coefficient (Wildman–Crippen LogP) is -1.20. The summed E-state index contributed by atoms with van der Waals surface area (Å²) in [6.45, 7) is 3.36. The summed E-state index contributed by atoms with van der Waals surface area (Å²) in [5.74, 6) is 0.181. The van der Waals surface area contributed by atoms with E-state index in [1.165, 1.54) is 0 Å². The van der Waals surface area contributed by atoms with Crippen LogP contribution in [-0.2, 0) is 0 Å². The fourth-order valence-corrected chi connectivity index (χ4v) is 1.29. The summed E-state index contributed by atoms with van der Waals surface area (Å²) in [6, 6.07) is 0. The van der Waals surface area contributed by atoms with E-state index in [0.29, 0.717) is 19.6 Å². The first-order valence-corrected chi connectivity index (χ1v) is 3.45. The molecular formula is C6H13N3O2. The topological polar surface area (TPSA) is 82.1 Å². The highest BCUT2D eigenvalue weighted by atomic mass is 16.4. The van der Waals surface area contributed by atoms with Gasteiger partial charge in [-0.25, -0.2) is 0 Å². The van der Waals surface area contributed by atoms with Gasteiger partial charge in [-0.05, 0) is 6.92 Å². The molecule has 64 valence electrons. The van der Waals surface area contributed by atoms with Crippen LogP contribution >= 0.6 is 0 Å². The van der Waals surface area contributed by atoms with Crippen molar-refractivity contribution in [3.8, 4) is 0 Å². The van der Waals surface area contributed by atoms with Crippen LogP contribution in [0, 0.1) is 0 Å². The molecule has 5 nitrogen and oxygen atoms in total. The second-order valence-corrected chi connectivity index (χ2v) is 3.23. The molecule has 1 rings (SSSR count). The molecule has 0 amide bonds. The average Bonchev–Trinajstić information content (AvgIpc) is 1.83. The van der Waals surface area contributed by atoms with Crippen molar-refractivity contribution in [1.29, 1.82) is 0 Å². The molecule has 1 saturated heterocycles. The molecular weight excluding hydrogens is 146 g/mol. The van der Waals surface area contributed by atoms with E-state index in [1.807, 2.05) is 4.90 Å². The van der Waals surface area contributed by atoms with E-state index in [4.69, 9.17) is 10.9 Å². The highest BCUT2D eigenvalue weighted by Gasteiger charge is 2.36. The predicted molar refractivity (Wildman–Crippen MR) is 40.5 cm³/mol. The van der Waals surface area contributed by atoms with Crippen LogP contribution in [0.1, 0.15) is 6.92 Å². The highest BCUT2D eigenvalue weighted by Crippen LogP contribution is 2.18. The molecule has 0 bridgehead atoms. The zero-order valence-electron chi connectivity index (χ0n) is 6.49. The van der Waals surface area contributed by atoms with E-state index in [0.717, 1.165) is 0 Å². The molecule has 1 aliphatic heterocycles. The minimum absolute atomic E-state index is 0.181. The number of aliphatic hydroxyl groups is 1. The Bertz CT molecular complexity index is 171. The van der Waals surface area contributed by atoms with Gasteiger partial charge in [-0.1, -0.05) is 5.16 Å². The van der Waals surface area contributed by atoms with Gasteiger partial charge in [0.2, 0.25) is 0 Å². The van der Waals surface area contributed by atoms with Crippen LogP contribution < -0.4 is 5.73 Å². The van der Waals surface area contributed by atoms with E-state index in [1.54, 1.807) is 6.92 Å². The smallest absolute Gasteiger partial charge is 0.153 e. The van der Waals surface area contributed by atoms with Crippen molar-refractivity contribution in [3.05, 3.63) is 0 Å². The van der Waals surface area contributed by atoms with Crippen LogP contribution in [0.4, 0.5) is 0 Å². The molecule has 1 aliphatic rings. The zero-order valence-corrected chi connectivity index (χ0v) is 6.49. The number of nitrogens with two attached hydrogens (primary N) is 1. The molecule has 0 unspecified atom stereocenters. The molecule has 0 spiro atoms. The lowest BCUT2D eigenvalue weighted by molar-refractivity contribution is -0.0761. The molecule has 0 aliphatic carbocycles. The molecule has 4 N–H and O–H groups in total. The lowest BCUT2D eigenvalue weighted by Crippen LogP contribution is -2.61. The summed E-state index contributed by atoms with van der Waals surface area (Å²) >= 11 is 0. The van der Waals surface area contributed by atoms with Crippen molar-refractivity contribution >= 4 is 5.84 Å². The van der Waals surface area contributed by atoms with Gasteiger partial charge in [0.25, 0.3) is 0 Å². The standard InChI is InChI=1S/C6H13N3O2/c1-6(10)3-9(4-6)2-5(7)8-11/h10-11H,2-4H2,1H3,(H2,7,8). The van der Waals surface area contributed by atoms with Gasteiger partial charge in [0.15, 0.2) is 5.84 Å². The summed E-state index contributed by atoms with van der Waals surface area (Å²) in [6.07, 6.45) is 0. The van der Waals surface area contributed by atoms with E-state index < -0.39 is 5.60 Å². The second kappa shape index (κ2) is 2.67. The van der Waals surface area contributed by atoms with Gasteiger partial charge in [0.05, 0.1) is 12.1 Å². The molecule has 0 aromatic carbocycles. The Balaban J connectivity index is 2.24. The molecule has 11 heavy (non-hydrogen) atoms. The van der Waals surface area contributed by atoms with Crippen LogP contribution in [0.2, 0.25) is 0 Å². The first-order chi connectivity index (χ1) is 5.03. The third kappa shape index (κ3) is 2.06. The Kier molecular flexibility index (Phi) is 2.01. The summed E-state index contributed by atoms with van der Waals surface area (Å²) in [5.41, 5.74) is 4.66. The van der Waals surface area contributed by atoms with Crippen LogP contribution in [-0.4, -0.2) is 46.3 Å². The maximum Gasteiger partial charge on any atom is 0.153 e. The maximum atomic E-state index is 9.28.